The van der Waals surface area contributed by atoms with E-state index in [-0.39, 0.29) is 23.4 Å². The zero-order valence-electron chi connectivity index (χ0n) is 20.1. The van der Waals surface area contributed by atoms with Crippen molar-refractivity contribution in [2.24, 2.45) is 23.2 Å². The minimum Gasteiger partial charge on any atom is -0.310 e. The molecule has 9 heteroatoms. The molecule has 7 rings (SSSR count). The van der Waals surface area contributed by atoms with Crippen LogP contribution in [0.4, 0.5) is 23.4 Å². The molecule has 0 spiro atoms. The zero-order valence-corrected chi connectivity index (χ0v) is 20.1. The van der Waals surface area contributed by atoms with E-state index in [0.717, 1.165) is 41.1 Å². The summed E-state index contributed by atoms with van der Waals surface area (Å²) in [5, 5.41) is 3.06. The standard InChI is InChI=1S/C27H30F4N4O/c28-21-7-19(6-20(8-21)27(29,30)31)13-35-2-1-22-23(14-35)32-15-33-25(22)34-24(36)12-26-9-16-3-17(10-26)5-18(4-16)11-26/h6-8,15-18H,1-5,9-14H2,(H,32,33,34,36). The van der Waals surface area contributed by atoms with Crippen LogP contribution < -0.4 is 5.32 Å². The molecule has 1 aromatic carbocycles. The van der Waals surface area contributed by atoms with Gasteiger partial charge in [0.15, 0.2) is 0 Å². The second kappa shape index (κ2) is 8.78. The van der Waals surface area contributed by atoms with E-state index in [9.17, 15) is 22.4 Å². The highest BCUT2D eigenvalue weighted by Gasteiger charge is 2.51. The first kappa shape index (κ1) is 23.8. The quantitative estimate of drug-likeness (QED) is 0.530. The highest BCUT2D eigenvalue weighted by atomic mass is 19.4. The first-order valence-corrected chi connectivity index (χ1v) is 12.9. The Labute approximate surface area is 207 Å². The van der Waals surface area contributed by atoms with Crippen LogP contribution in [0.3, 0.4) is 0 Å². The predicted molar refractivity (Wildman–Crippen MR) is 125 cm³/mol. The molecule has 4 fully saturated rings. The van der Waals surface area contributed by atoms with Crippen LogP contribution in [-0.4, -0.2) is 27.3 Å². The number of carbonyl (C=O) groups is 1. The van der Waals surface area contributed by atoms with Gasteiger partial charge in [0.1, 0.15) is 18.0 Å². The summed E-state index contributed by atoms with van der Waals surface area (Å²) in [6, 6.07) is 2.65. The minimum absolute atomic E-state index is 0.0136. The molecule has 5 nitrogen and oxygen atoms in total. The number of nitrogens with one attached hydrogen (secondary N) is 1. The van der Waals surface area contributed by atoms with Gasteiger partial charge in [0.05, 0.1) is 11.3 Å². The molecule has 1 aromatic heterocycles. The number of amides is 1. The maximum Gasteiger partial charge on any atom is 0.416 e. The number of hydrogen-bond acceptors (Lipinski definition) is 4. The molecule has 192 valence electrons. The molecule has 36 heavy (non-hydrogen) atoms. The lowest BCUT2D eigenvalue weighted by atomic mass is 9.49. The van der Waals surface area contributed by atoms with Gasteiger partial charge in [0.25, 0.3) is 0 Å². The number of halogens is 4. The van der Waals surface area contributed by atoms with Gasteiger partial charge in [-0.2, -0.15) is 13.2 Å². The van der Waals surface area contributed by atoms with Gasteiger partial charge in [-0.25, -0.2) is 14.4 Å². The van der Waals surface area contributed by atoms with Crippen molar-refractivity contribution in [3.8, 4) is 0 Å². The normalized spacial score (nSPS) is 29.3. The van der Waals surface area contributed by atoms with Gasteiger partial charge in [0, 0.05) is 31.6 Å². The van der Waals surface area contributed by atoms with Crippen molar-refractivity contribution in [3.63, 3.8) is 0 Å². The summed E-state index contributed by atoms with van der Waals surface area (Å²) in [5.41, 5.74) is 1.05. The lowest BCUT2D eigenvalue weighted by Crippen LogP contribution is -2.47. The smallest absolute Gasteiger partial charge is 0.310 e. The Morgan fingerprint density at radius 3 is 2.42 bits per heavy atom. The summed E-state index contributed by atoms with van der Waals surface area (Å²) in [7, 11) is 0. The van der Waals surface area contributed by atoms with Crippen molar-refractivity contribution in [1.82, 2.24) is 14.9 Å². The van der Waals surface area contributed by atoms with Crippen LogP contribution in [0.1, 0.15) is 67.3 Å². The molecular formula is C27H30F4N4O. The van der Waals surface area contributed by atoms with Crippen molar-refractivity contribution in [3.05, 3.63) is 52.7 Å². The molecular weight excluding hydrogens is 472 g/mol. The van der Waals surface area contributed by atoms with E-state index in [1.165, 1.54) is 44.9 Å². The first-order chi connectivity index (χ1) is 17.1. The summed E-state index contributed by atoms with van der Waals surface area (Å²) < 4.78 is 53.1. The minimum atomic E-state index is -4.60. The number of rotatable bonds is 5. The van der Waals surface area contributed by atoms with Gasteiger partial charge in [-0.1, -0.05) is 0 Å². The number of fused-ring (bicyclic) bond motifs is 1. The maximum atomic E-state index is 13.8. The van der Waals surface area contributed by atoms with E-state index in [2.05, 4.69) is 15.3 Å². The van der Waals surface area contributed by atoms with Crippen LogP contribution >= 0.6 is 0 Å². The third-order valence-corrected chi connectivity index (χ3v) is 8.74. The fourth-order valence-electron chi connectivity index (χ4n) is 7.84. The first-order valence-electron chi connectivity index (χ1n) is 12.9. The Hall–Kier alpha value is -2.55. The van der Waals surface area contributed by atoms with E-state index >= 15 is 0 Å². The van der Waals surface area contributed by atoms with Gasteiger partial charge in [0.2, 0.25) is 5.91 Å². The van der Waals surface area contributed by atoms with Crippen molar-refractivity contribution in [2.75, 3.05) is 11.9 Å². The van der Waals surface area contributed by atoms with Gasteiger partial charge < -0.3 is 5.32 Å². The number of carbonyl (C=O) groups excluding carboxylic acids is 1. The maximum absolute atomic E-state index is 13.8. The third-order valence-electron chi connectivity index (χ3n) is 8.74. The monoisotopic (exact) mass is 502 g/mol. The molecule has 5 aliphatic rings. The van der Waals surface area contributed by atoms with Gasteiger partial charge in [-0.15, -0.1) is 0 Å². The number of aromatic nitrogens is 2. The van der Waals surface area contributed by atoms with Crippen molar-refractivity contribution >= 4 is 11.7 Å². The van der Waals surface area contributed by atoms with Crippen molar-refractivity contribution in [2.45, 2.75) is 70.6 Å². The molecule has 0 unspecified atom stereocenters. The van der Waals surface area contributed by atoms with E-state index in [0.29, 0.717) is 37.8 Å². The number of alkyl halides is 3. The Balaban J connectivity index is 1.12. The van der Waals surface area contributed by atoms with Crippen LogP contribution in [0.2, 0.25) is 0 Å². The lowest BCUT2D eigenvalue weighted by Gasteiger charge is -2.56. The van der Waals surface area contributed by atoms with Crippen LogP contribution in [0, 0.1) is 29.0 Å². The van der Waals surface area contributed by atoms with E-state index in [1.54, 1.807) is 0 Å². The van der Waals surface area contributed by atoms with Gasteiger partial charge in [-0.05, 0) is 91.9 Å². The van der Waals surface area contributed by atoms with Crippen LogP contribution in [0.25, 0.3) is 0 Å². The molecule has 1 aliphatic heterocycles. The Bertz CT molecular complexity index is 1150. The number of benzene rings is 1. The number of anilines is 1. The fourth-order valence-corrected chi connectivity index (χ4v) is 7.84. The molecule has 1 amide bonds. The Morgan fingerprint density at radius 1 is 1.06 bits per heavy atom. The molecule has 2 heterocycles. The van der Waals surface area contributed by atoms with Gasteiger partial charge in [-0.3, -0.25) is 9.69 Å². The van der Waals surface area contributed by atoms with Gasteiger partial charge >= 0.3 is 6.18 Å². The summed E-state index contributed by atoms with van der Waals surface area (Å²) in [6.07, 6.45) is 5.44. The average Bonchev–Trinajstić information content (AvgIpc) is 2.77. The molecule has 4 aliphatic carbocycles. The number of hydrogen-bond donors (Lipinski definition) is 1. The lowest BCUT2D eigenvalue weighted by molar-refractivity contribution is -0.137. The summed E-state index contributed by atoms with van der Waals surface area (Å²) in [5.74, 6) is 2.01. The second-order valence-corrected chi connectivity index (χ2v) is 11.6. The SMILES string of the molecule is O=C(CC12CC3CC(CC(C3)C1)C2)Nc1ncnc2c1CCN(Cc1cc(F)cc(C(F)(F)F)c1)C2. The van der Waals surface area contributed by atoms with Crippen LogP contribution in [0.5, 0.6) is 0 Å². The van der Waals surface area contributed by atoms with E-state index in [4.69, 9.17) is 0 Å². The Kier molecular flexibility index (Phi) is 5.81. The highest BCUT2D eigenvalue weighted by molar-refractivity contribution is 5.91. The van der Waals surface area contributed by atoms with Crippen LogP contribution in [0.15, 0.2) is 24.5 Å². The molecule has 1 N–H and O–H groups in total. The molecule has 2 aromatic rings. The predicted octanol–water partition coefficient (Wildman–Crippen LogP) is 5.74. The summed E-state index contributed by atoms with van der Waals surface area (Å²) in [6.45, 7) is 1.13. The fraction of sp³-hybridized carbons (Fsp3) is 0.593. The summed E-state index contributed by atoms with van der Waals surface area (Å²) in [4.78, 5) is 23.8. The van der Waals surface area contributed by atoms with Crippen molar-refractivity contribution < 1.29 is 22.4 Å². The molecule has 0 saturated heterocycles. The largest absolute Gasteiger partial charge is 0.416 e. The molecule has 4 bridgehead atoms. The highest BCUT2D eigenvalue weighted by Crippen LogP contribution is 2.61. The number of nitrogens with zero attached hydrogens (tertiary/aromatic N) is 3. The van der Waals surface area contributed by atoms with Crippen LogP contribution in [-0.2, 0) is 30.5 Å². The molecule has 0 radical (unpaired) electrons. The Morgan fingerprint density at radius 2 is 1.75 bits per heavy atom. The molecule has 4 saturated carbocycles. The van der Waals surface area contributed by atoms with E-state index < -0.39 is 17.6 Å². The topological polar surface area (TPSA) is 58.1 Å². The van der Waals surface area contributed by atoms with E-state index in [1.807, 2.05) is 4.90 Å². The average molecular weight is 503 g/mol. The summed E-state index contributed by atoms with van der Waals surface area (Å²) >= 11 is 0. The third kappa shape index (κ3) is 4.74. The van der Waals surface area contributed by atoms with Crippen molar-refractivity contribution in [1.29, 1.82) is 0 Å². The second-order valence-electron chi connectivity index (χ2n) is 11.6. The zero-order chi connectivity index (χ0) is 25.1. The molecule has 0 atom stereocenters.